The summed E-state index contributed by atoms with van der Waals surface area (Å²) in [4.78, 5) is 83.7. The first-order valence-corrected chi connectivity index (χ1v) is 13.4. The van der Waals surface area contributed by atoms with Gasteiger partial charge in [0.05, 0.1) is 0 Å². The lowest BCUT2D eigenvalue weighted by molar-refractivity contribution is -0.344. The first kappa shape index (κ1) is 36.3. The Morgan fingerprint density at radius 3 is 1.41 bits per heavy atom. The molecule has 0 saturated carbocycles. The largest absolute Gasteiger partial charge is 0.463 e. The number of hydrogen-bond acceptors (Lipinski definition) is 17. The summed E-state index contributed by atoms with van der Waals surface area (Å²) < 4.78 is 49.1. The van der Waals surface area contributed by atoms with Gasteiger partial charge in [-0.1, -0.05) is 0 Å². The van der Waals surface area contributed by atoms with Crippen LogP contribution in [0.3, 0.4) is 0 Å². The molecule has 0 aliphatic carbocycles. The lowest BCUT2D eigenvalue weighted by Gasteiger charge is -2.48. The van der Waals surface area contributed by atoms with Crippen molar-refractivity contribution in [1.82, 2.24) is 5.32 Å². The zero-order valence-corrected chi connectivity index (χ0v) is 25.2. The first-order valence-electron chi connectivity index (χ1n) is 13.4. The summed E-state index contributed by atoms with van der Waals surface area (Å²) in [6.45, 7) is 6.36. The van der Waals surface area contributed by atoms with Gasteiger partial charge in [0.25, 0.3) is 0 Å². The Hall–Kier alpha value is -3.87. The maximum absolute atomic E-state index is 12.2. The van der Waals surface area contributed by atoms with Crippen LogP contribution in [0.25, 0.3) is 0 Å². The summed E-state index contributed by atoms with van der Waals surface area (Å²) in [7, 11) is 0. The number of rotatable bonds is 11. The maximum atomic E-state index is 12.2. The SMILES string of the molecule is CC(=O)N[C@@H]1[C@@H](OC2O[C@H](COC(C)=O)[C@H](OC(C)=O)[C@H](OC(C)=O)[C@H]2OC(C)=O)[C@@H](OC(C)=O)[C@@H](COC(C)=O)O[C@@H]1O. The van der Waals surface area contributed by atoms with Gasteiger partial charge in [-0.15, -0.1) is 0 Å². The van der Waals surface area contributed by atoms with E-state index >= 15 is 0 Å². The minimum atomic E-state index is -1.83. The van der Waals surface area contributed by atoms with E-state index in [1.54, 1.807) is 0 Å². The highest BCUT2D eigenvalue weighted by Gasteiger charge is 2.56. The number of amides is 1. The van der Waals surface area contributed by atoms with Crippen molar-refractivity contribution in [3.63, 3.8) is 0 Å². The molecule has 2 saturated heterocycles. The predicted molar refractivity (Wildman–Crippen MR) is 138 cm³/mol. The van der Waals surface area contributed by atoms with Crippen LogP contribution in [0.1, 0.15) is 48.5 Å². The molecule has 1 amide bonds. The Morgan fingerprint density at radius 2 is 0.977 bits per heavy atom. The van der Waals surface area contributed by atoms with Gasteiger partial charge in [-0.2, -0.15) is 0 Å². The van der Waals surface area contributed by atoms with Crippen molar-refractivity contribution in [2.75, 3.05) is 13.2 Å². The second-order valence-corrected chi connectivity index (χ2v) is 9.84. The summed E-state index contributed by atoms with van der Waals surface area (Å²) in [6.07, 6.45) is -14.2. The van der Waals surface area contributed by atoms with Gasteiger partial charge in [-0.3, -0.25) is 33.6 Å². The van der Waals surface area contributed by atoms with E-state index in [4.69, 9.17) is 42.6 Å². The van der Waals surface area contributed by atoms with Crippen molar-refractivity contribution in [1.29, 1.82) is 0 Å². The molecule has 2 rings (SSSR count). The fourth-order valence-corrected chi connectivity index (χ4v) is 4.59. The number of hydrogen-bond donors (Lipinski definition) is 2. The molecular weight excluding hydrogens is 598 g/mol. The first-order chi connectivity index (χ1) is 20.5. The molecule has 0 aromatic rings. The third-order valence-electron chi connectivity index (χ3n) is 6.03. The van der Waals surface area contributed by atoms with Gasteiger partial charge in [-0.25, -0.2) is 0 Å². The van der Waals surface area contributed by atoms with Gasteiger partial charge in [0.2, 0.25) is 5.91 Å². The van der Waals surface area contributed by atoms with Gasteiger partial charge in [0, 0.05) is 48.5 Å². The van der Waals surface area contributed by atoms with Crippen LogP contribution < -0.4 is 5.32 Å². The van der Waals surface area contributed by atoms with Crippen LogP contribution in [0, 0.1) is 0 Å². The molecule has 1 unspecified atom stereocenters. The van der Waals surface area contributed by atoms with Crippen LogP contribution >= 0.6 is 0 Å². The van der Waals surface area contributed by atoms with Crippen LogP contribution in [0.4, 0.5) is 0 Å². The van der Waals surface area contributed by atoms with Crippen LogP contribution in [0.5, 0.6) is 0 Å². The zero-order valence-electron chi connectivity index (χ0n) is 25.2. The predicted octanol–water partition coefficient (Wildman–Crippen LogP) is -1.83. The average molecular weight is 636 g/mol. The average Bonchev–Trinajstić information content (AvgIpc) is 2.87. The number of carbonyl (C=O) groups excluding carboxylic acids is 7. The van der Waals surface area contributed by atoms with Crippen LogP contribution in [-0.4, -0.2) is 121 Å². The highest BCUT2D eigenvalue weighted by Crippen LogP contribution is 2.34. The second kappa shape index (κ2) is 16.3. The molecule has 2 fully saturated rings. The van der Waals surface area contributed by atoms with E-state index in [0.717, 1.165) is 48.5 Å². The van der Waals surface area contributed by atoms with Crippen LogP contribution in [-0.2, 0) is 76.2 Å². The molecule has 0 aromatic heterocycles. The van der Waals surface area contributed by atoms with Crippen molar-refractivity contribution < 1.29 is 81.3 Å². The Balaban J connectivity index is 2.66. The summed E-state index contributed by atoms with van der Waals surface area (Å²) in [5.41, 5.74) is 0. The van der Waals surface area contributed by atoms with Crippen LogP contribution in [0.2, 0.25) is 0 Å². The quantitative estimate of drug-likeness (QED) is 0.188. The summed E-state index contributed by atoms with van der Waals surface area (Å²) in [5, 5.41) is 13.2. The lowest BCUT2D eigenvalue weighted by Crippen LogP contribution is -2.69. The molecule has 0 aromatic carbocycles. The number of nitrogens with one attached hydrogen (secondary N) is 1. The number of carbonyl (C=O) groups is 7. The van der Waals surface area contributed by atoms with Crippen molar-refractivity contribution in [3.8, 4) is 0 Å². The number of ether oxygens (including phenoxy) is 9. The molecule has 18 heteroatoms. The number of aliphatic hydroxyl groups excluding tert-OH is 1. The minimum Gasteiger partial charge on any atom is -0.463 e. The van der Waals surface area contributed by atoms with E-state index < -0.39 is 116 Å². The molecular formula is C26H37NO17. The Labute approximate surface area is 251 Å². The normalized spacial score (nSPS) is 31.5. The second-order valence-electron chi connectivity index (χ2n) is 9.84. The molecule has 2 aliphatic heterocycles. The molecule has 248 valence electrons. The molecule has 44 heavy (non-hydrogen) atoms. The van der Waals surface area contributed by atoms with E-state index in [2.05, 4.69) is 5.32 Å². The van der Waals surface area contributed by atoms with Gasteiger partial charge in [0.15, 0.2) is 37.0 Å². The summed E-state index contributed by atoms with van der Waals surface area (Å²) in [6, 6.07) is -1.47. The van der Waals surface area contributed by atoms with E-state index in [1.165, 1.54) is 0 Å². The fourth-order valence-electron chi connectivity index (χ4n) is 4.59. The van der Waals surface area contributed by atoms with Crippen molar-refractivity contribution >= 4 is 41.7 Å². The van der Waals surface area contributed by atoms with Crippen molar-refractivity contribution in [2.24, 2.45) is 0 Å². The van der Waals surface area contributed by atoms with Gasteiger partial charge >= 0.3 is 35.8 Å². The zero-order chi connectivity index (χ0) is 33.3. The summed E-state index contributed by atoms with van der Waals surface area (Å²) >= 11 is 0. The fraction of sp³-hybridized carbons (Fsp3) is 0.731. The van der Waals surface area contributed by atoms with Gasteiger partial charge in [-0.05, 0) is 0 Å². The Kier molecular flexibility index (Phi) is 13.4. The maximum Gasteiger partial charge on any atom is 0.303 e. The molecule has 0 bridgehead atoms. The molecule has 18 nitrogen and oxygen atoms in total. The molecule has 0 spiro atoms. The Morgan fingerprint density at radius 1 is 0.568 bits per heavy atom. The lowest BCUT2D eigenvalue weighted by atomic mass is 9.94. The molecule has 2 N–H and O–H groups in total. The standard InChI is InChI=1S/C26H37NO17/c1-10(28)27-19-22(20(38-13(4)31)17(42-25(19)35)8-36-11(2)29)44-26-24(41-16(7)34)23(40-15(6)33)21(39-14(5)32)18(43-26)9-37-12(3)30/h17-26,35H,8-9H2,1-7H3,(H,27,28)/t17-,18-,19-,20+,21+,22-,23+,24-,25+,26?/m1/s1. The molecule has 2 aliphatic rings. The van der Waals surface area contributed by atoms with E-state index in [1.807, 2.05) is 0 Å². The third-order valence-corrected chi connectivity index (χ3v) is 6.03. The number of esters is 6. The highest BCUT2D eigenvalue weighted by atomic mass is 16.8. The highest BCUT2D eigenvalue weighted by molar-refractivity contribution is 5.73. The van der Waals surface area contributed by atoms with E-state index in [9.17, 15) is 38.7 Å². The molecule has 2 heterocycles. The topological polar surface area (TPSA) is 235 Å². The van der Waals surface area contributed by atoms with E-state index in [0.29, 0.717) is 0 Å². The Bertz CT molecular complexity index is 1090. The monoisotopic (exact) mass is 635 g/mol. The van der Waals surface area contributed by atoms with E-state index in [-0.39, 0.29) is 0 Å². The number of aliphatic hydroxyl groups is 1. The van der Waals surface area contributed by atoms with Crippen molar-refractivity contribution in [2.45, 2.75) is 110 Å². The minimum absolute atomic E-state index is 0.532. The van der Waals surface area contributed by atoms with Gasteiger partial charge in [0.1, 0.15) is 37.6 Å². The summed E-state index contributed by atoms with van der Waals surface area (Å²) in [5.74, 6) is -5.68. The third kappa shape index (κ3) is 10.7. The molecule has 0 radical (unpaired) electrons. The molecule has 10 atom stereocenters. The van der Waals surface area contributed by atoms with Crippen LogP contribution in [0.15, 0.2) is 0 Å². The van der Waals surface area contributed by atoms with Gasteiger partial charge < -0.3 is 53.1 Å². The smallest absolute Gasteiger partial charge is 0.303 e. The van der Waals surface area contributed by atoms with Crippen molar-refractivity contribution in [3.05, 3.63) is 0 Å².